The molecule has 0 saturated heterocycles. The van der Waals surface area contributed by atoms with Crippen molar-refractivity contribution in [3.63, 3.8) is 0 Å². The molecule has 1 heterocycles. The predicted molar refractivity (Wildman–Crippen MR) is 63.7 cm³/mol. The van der Waals surface area contributed by atoms with E-state index in [1.807, 2.05) is 4.57 Å². The molecule has 4 heteroatoms. The molecule has 0 aliphatic heterocycles. The maximum absolute atomic E-state index is 13.1. The number of imidazole rings is 1. The van der Waals surface area contributed by atoms with Crippen LogP contribution in [0, 0.1) is 5.82 Å². The average Bonchev–Trinajstić information content (AvgIpc) is 2.57. The molecule has 0 spiro atoms. The van der Waals surface area contributed by atoms with Crippen molar-refractivity contribution in [2.45, 2.75) is 32.7 Å². The van der Waals surface area contributed by atoms with Gasteiger partial charge in [0.15, 0.2) is 0 Å². The van der Waals surface area contributed by atoms with Crippen LogP contribution in [0.4, 0.5) is 10.3 Å². The quantitative estimate of drug-likeness (QED) is 0.865. The van der Waals surface area contributed by atoms with E-state index in [0.717, 1.165) is 18.4 Å². The highest BCUT2D eigenvalue weighted by atomic mass is 19.1. The van der Waals surface area contributed by atoms with E-state index < -0.39 is 0 Å². The van der Waals surface area contributed by atoms with Crippen LogP contribution in [0.5, 0.6) is 0 Å². The largest absolute Gasteiger partial charge is 0.369 e. The molecule has 3 nitrogen and oxygen atoms in total. The highest BCUT2D eigenvalue weighted by molar-refractivity contribution is 5.78. The number of fused-ring (bicyclic) bond motifs is 1. The summed E-state index contributed by atoms with van der Waals surface area (Å²) in [6, 6.07) is 4.94. The van der Waals surface area contributed by atoms with Crippen LogP contribution in [0.1, 0.15) is 32.7 Å². The molecule has 2 rings (SSSR count). The summed E-state index contributed by atoms with van der Waals surface area (Å²) < 4.78 is 15.0. The van der Waals surface area contributed by atoms with Crippen molar-refractivity contribution in [3.05, 3.63) is 24.0 Å². The van der Waals surface area contributed by atoms with Crippen molar-refractivity contribution < 1.29 is 4.39 Å². The average molecular weight is 221 g/mol. The number of halogens is 1. The molecule has 0 amide bonds. The maximum Gasteiger partial charge on any atom is 0.201 e. The summed E-state index contributed by atoms with van der Waals surface area (Å²) in [6.45, 7) is 4.23. The normalized spacial score (nSPS) is 11.5. The van der Waals surface area contributed by atoms with Crippen molar-refractivity contribution >= 4 is 17.0 Å². The third-order valence-corrected chi connectivity index (χ3v) is 2.99. The molecule has 1 aromatic heterocycles. The molecule has 86 valence electrons. The number of benzene rings is 1. The van der Waals surface area contributed by atoms with Gasteiger partial charge in [0, 0.05) is 12.1 Å². The zero-order valence-corrected chi connectivity index (χ0v) is 9.57. The molecule has 0 unspecified atom stereocenters. The smallest absolute Gasteiger partial charge is 0.201 e. The number of aromatic nitrogens is 2. The minimum Gasteiger partial charge on any atom is -0.369 e. The van der Waals surface area contributed by atoms with Crippen LogP contribution in [0.15, 0.2) is 18.2 Å². The van der Waals surface area contributed by atoms with Gasteiger partial charge in [-0.2, -0.15) is 0 Å². The van der Waals surface area contributed by atoms with Crippen LogP contribution in [-0.4, -0.2) is 9.55 Å². The molecule has 0 aliphatic carbocycles. The zero-order chi connectivity index (χ0) is 11.7. The maximum atomic E-state index is 13.1. The Morgan fingerprint density at radius 2 is 2.06 bits per heavy atom. The van der Waals surface area contributed by atoms with Gasteiger partial charge in [0.2, 0.25) is 5.95 Å². The SMILES string of the molecule is CCC(CC)n1c(N)nc2cc(F)ccc21. The van der Waals surface area contributed by atoms with Gasteiger partial charge in [-0.25, -0.2) is 9.37 Å². The van der Waals surface area contributed by atoms with Crippen molar-refractivity contribution in [1.82, 2.24) is 9.55 Å². The van der Waals surface area contributed by atoms with E-state index in [1.165, 1.54) is 12.1 Å². The Bertz CT molecular complexity index is 500. The highest BCUT2D eigenvalue weighted by Crippen LogP contribution is 2.26. The summed E-state index contributed by atoms with van der Waals surface area (Å²) >= 11 is 0. The molecule has 2 N–H and O–H groups in total. The molecule has 0 atom stereocenters. The lowest BCUT2D eigenvalue weighted by atomic mass is 10.1. The van der Waals surface area contributed by atoms with E-state index in [2.05, 4.69) is 18.8 Å². The number of hydrogen-bond acceptors (Lipinski definition) is 2. The van der Waals surface area contributed by atoms with Gasteiger partial charge in [-0.1, -0.05) is 13.8 Å². The Balaban J connectivity index is 2.64. The summed E-state index contributed by atoms with van der Waals surface area (Å²) in [7, 11) is 0. The lowest BCUT2D eigenvalue weighted by molar-refractivity contribution is 0.489. The fourth-order valence-corrected chi connectivity index (χ4v) is 2.13. The Kier molecular flexibility index (Phi) is 2.81. The summed E-state index contributed by atoms with van der Waals surface area (Å²) in [4.78, 5) is 4.19. The van der Waals surface area contributed by atoms with Gasteiger partial charge in [0.05, 0.1) is 11.0 Å². The van der Waals surface area contributed by atoms with Crippen LogP contribution in [0.3, 0.4) is 0 Å². The van der Waals surface area contributed by atoms with E-state index in [4.69, 9.17) is 5.73 Å². The molecule has 0 aliphatic rings. The van der Waals surface area contributed by atoms with Gasteiger partial charge in [-0.05, 0) is 25.0 Å². The molecule has 1 aromatic carbocycles. The van der Waals surface area contributed by atoms with Gasteiger partial charge in [0.25, 0.3) is 0 Å². The van der Waals surface area contributed by atoms with Gasteiger partial charge in [-0.3, -0.25) is 0 Å². The van der Waals surface area contributed by atoms with Crippen molar-refractivity contribution in [2.24, 2.45) is 0 Å². The fraction of sp³-hybridized carbons (Fsp3) is 0.417. The Morgan fingerprint density at radius 1 is 1.38 bits per heavy atom. The Hall–Kier alpha value is -1.58. The standard InChI is InChI=1S/C12H16FN3/c1-3-9(4-2)16-11-6-5-8(13)7-10(11)15-12(16)14/h5-7,9H,3-4H2,1-2H3,(H2,14,15). The number of hydrogen-bond donors (Lipinski definition) is 1. The summed E-state index contributed by atoms with van der Waals surface area (Å²) in [5, 5.41) is 0. The second kappa shape index (κ2) is 4.12. The van der Waals surface area contributed by atoms with E-state index in [0.29, 0.717) is 17.5 Å². The lowest BCUT2D eigenvalue weighted by Gasteiger charge is -2.16. The molecule has 2 aromatic rings. The summed E-state index contributed by atoms with van der Waals surface area (Å²) in [5.41, 5.74) is 7.42. The second-order valence-electron chi connectivity index (χ2n) is 3.94. The highest BCUT2D eigenvalue weighted by Gasteiger charge is 2.14. The first-order chi connectivity index (χ1) is 7.67. The molecule has 16 heavy (non-hydrogen) atoms. The molecule has 0 bridgehead atoms. The fourth-order valence-electron chi connectivity index (χ4n) is 2.13. The van der Waals surface area contributed by atoms with Crippen molar-refractivity contribution in [2.75, 3.05) is 5.73 Å². The molecular formula is C12H16FN3. The number of anilines is 1. The van der Waals surface area contributed by atoms with Crippen LogP contribution < -0.4 is 5.73 Å². The number of rotatable bonds is 3. The Labute approximate surface area is 94.1 Å². The lowest BCUT2D eigenvalue weighted by Crippen LogP contribution is -2.10. The first kappa shape index (κ1) is 10.9. The van der Waals surface area contributed by atoms with Crippen molar-refractivity contribution in [1.29, 1.82) is 0 Å². The molecular weight excluding hydrogens is 205 g/mol. The molecule has 0 saturated carbocycles. The Morgan fingerprint density at radius 3 is 2.69 bits per heavy atom. The summed E-state index contributed by atoms with van der Waals surface area (Å²) in [6.07, 6.45) is 1.98. The van der Waals surface area contributed by atoms with E-state index in [-0.39, 0.29) is 5.82 Å². The topological polar surface area (TPSA) is 43.8 Å². The van der Waals surface area contributed by atoms with Gasteiger partial charge < -0.3 is 10.3 Å². The molecule has 0 radical (unpaired) electrons. The number of nitrogens with zero attached hydrogens (tertiary/aromatic N) is 2. The second-order valence-corrected chi connectivity index (χ2v) is 3.94. The zero-order valence-electron chi connectivity index (χ0n) is 9.57. The number of nitrogen functional groups attached to an aromatic ring is 1. The monoisotopic (exact) mass is 221 g/mol. The first-order valence-electron chi connectivity index (χ1n) is 5.60. The van der Waals surface area contributed by atoms with Crippen LogP contribution in [0.2, 0.25) is 0 Å². The summed E-state index contributed by atoms with van der Waals surface area (Å²) in [5.74, 6) is 0.191. The first-order valence-corrected chi connectivity index (χ1v) is 5.60. The minimum absolute atomic E-state index is 0.276. The third kappa shape index (κ3) is 1.64. The molecule has 0 fully saturated rings. The van der Waals surface area contributed by atoms with E-state index >= 15 is 0 Å². The van der Waals surface area contributed by atoms with E-state index in [9.17, 15) is 4.39 Å². The van der Waals surface area contributed by atoms with Crippen LogP contribution in [0.25, 0.3) is 11.0 Å². The van der Waals surface area contributed by atoms with Crippen LogP contribution >= 0.6 is 0 Å². The van der Waals surface area contributed by atoms with Crippen LogP contribution in [-0.2, 0) is 0 Å². The predicted octanol–water partition coefficient (Wildman–Crippen LogP) is 3.12. The van der Waals surface area contributed by atoms with Gasteiger partial charge in [0.1, 0.15) is 5.82 Å². The van der Waals surface area contributed by atoms with Crippen molar-refractivity contribution in [3.8, 4) is 0 Å². The third-order valence-electron chi connectivity index (χ3n) is 2.99. The number of nitrogens with two attached hydrogens (primary N) is 1. The van der Waals surface area contributed by atoms with Gasteiger partial charge >= 0.3 is 0 Å². The minimum atomic E-state index is -0.276. The van der Waals surface area contributed by atoms with Gasteiger partial charge in [-0.15, -0.1) is 0 Å². The van der Waals surface area contributed by atoms with E-state index in [1.54, 1.807) is 6.07 Å².